The van der Waals surface area contributed by atoms with Crippen LogP contribution in [0.4, 0.5) is 5.69 Å². The molecule has 7 heteroatoms. The molecule has 21 heavy (non-hydrogen) atoms. The molecule has 0 radical (unpaired) electrons. The molecule has 1 aromatic heterocycles. The topological polar surface area (TPSA) is 79.3 Å². The standard InChI is InChI=1S/C14H15BrN2O3S/c1-9-3-12(7-16-6-9)17-21(19,20)13-5-11(8-18)4-10(2)14(13)15/h3-7,17-18H,8H2,1-2H3. The summed E-state index contributed by atoms with van der Waals surface area (Å²) in [6.07, 6.45) is 3.09. The van der Waals surface area contributed by atoms with Crippen LogP contribution in [0.1, 0.15) is 16.7 Å². The molecule has 0 aliphatic rings. The largest absolute Gasteiger partial charge is 0.392 e. The highest BCUT2D eigenvalue weighted by Crippen LogP contribution is 2.29. The summed E-state index contributed by atoms with van der Waals surface area (Å²) in [5.74, 6) is 0. The molecule has 0 bridgehead atoms. The number of sulfonamides is 1. The van der Waals surface area contributed by atoms with Crippen LogP contribution in [-0.4, -0.2) is 18.5 Å². The predicted molar refractivity (Wildman–Crippen MR) is 84.6 cm³/mol. The smallest absolute Gasteiger partial charge is 0.263 e. The van der Waals surface area contributed by atoms with Crippen molar-refractivity contribution in [3.8, 4) is 0 Å². The van der Waals surface area contributed by atoms with Crippen LogP contribution in [0, 0.1) is 13.8 Å². The predicted octanol–water partition coefficient (Wildman–Crippen LogP) is 2.75. The van der Waals surface area contributed by atoms with E-state index in [1.807, 2.05) is 6.92 Å². The van der Waals surface area contributed by atoms with Crippen LogP contribution in [-0.2, 0) is 16.6 Å². The lowest BCUT2D eigenvalue weighted by molar-refractivity contribution is 0.281. The molecule has 0 atom stereocenters. The van der Waals surface area contributed by atoms with Gasteiger partial charge in [0.15, 0.2) is 0 Å². The van der Waals surface area contributed by atoms with Crippen molar-refractivity contribution >= 4 is 31.6 Å². The molecule has 1 heterocycles. The van der Waals surface area contributed by atoms with Gasteiger partial charge in [-0.1, -0.05) is 6.07 Å². The van der Waals surface area contributed by atoms with E-state index in [1.54, 1.807) is 25.3 Å². The zero-order chi connectivity index (χ0) is 15.6. The molecule has 0 saturated heterocycles. The number of nitrogens with one attached hydrogen (secondary N) is 1. The first-order valence-corrected chi connectivity index (χ1v) is 8.45. The summed E-state index contributed by atoms with van der Waals surface area (Å²) < 4.78 is 28.0. The van der Waals surface area contributed by atoms with Crippen molar-refractivity contribution in [3.05, 3.63) is 51.8 Å². The summed E-state index contributed by atoms with van der Waals surface area (Å²) in [6.45, 7) is 3.39. The number of anilines is 1. The van der Waals surface area contributed by atoms with Gasteiger partial charge in [0.05, 0.1) is 18.5 Å². The van der Waals surface area contributed by atoms with Crippen molar-refractivity contribution in [3.63, 3.8) is 0 Å². The van der Waals surface area contributed by atoms with E-state index in [0.717, 1.165) is 11.1 Å². The van der Waals surface area contributed by atoms with Gasteiger partial charge < -0.3 is 5.11 Å². The number of aliphatic hydroxyl groups is 1. The van der Waals surface area contributed by atoms with Crippen molar-refractivity contribution in [2.45, 2.75) is 25.3 Å². The van der Waals surface area contributed by atoms with Crippen LogP contribution < -0.4 is 4.72 Å². The van der Waals surface area contributed by atoms with Crippen LogP contribution in [0.3, 0.4) is 0 Å². The van der Waals surface area contributed by atoms with Gasteiger partial charge in [-0.25, -0.2) is 8.42 Å². The van der Waals surface area contributed by atoms with Crippen molar-refractivity contribution in [1.82, 2.24) is 4.98 Å². The highest BCUT2D eigenvalue weighted by atomic mass is 79.9. The monoisotopic (exact) mass is 370 g/mol. The zero-order valence-electron chi connectivity index (χ0n) is 11.6. The number of aromatic nitrogens is 1. The first-order chi connectivity index (χ1) is 9.83. The normalized spacial score (nSPS) is 11.4. The van der Waals surface area contributed by atoms with E-state index >= 15 is 0 Å². The van der Waals surface area contributed by atoms with Crippen LogP contribution in [0.2, 0.25) is 0 Å². The van der Waals surface area contributed by atoms with Gasteiger partial charge in [-0.15, -0.1) is 0 Å². The summed E-state index contributed by atoms with van der Waals surface area (Å²) in [5, 5.41) is 9.23. The molecule has 0 fully saturated rings. The average molecular weight is 371 g/mol. The molecule has 2 N–H and O–H groups in total. The third kappa shape index (κ3) is 3.61. The van der Waals surface area contributed by atoms with E-state index in [1.165, 1.54) is 12.3 Å². The molecule has 1 aromatic carbocycles. The molecule has 0 aliphatic heterocycles. The highest BCUT2D eigenvalue weighted by Gasteiger charge is 2.20. The molecule has 2 rings (SSSR count). The van der Waals surface area contributed by atoms with Crippen molar-refractivity contribution in [2.24, 2.45) is 0 Å². The third-order valence-corrected chi connectivity index (χ3v) is 5.60. The Balaban J connectivity index is 2.47. The van der Waals surface area contributed by atoms with E-state index in [-0.39, 0.29) is 11.5 Å². The van der Waals surface area contributed by atoms with Crippen LogP contribution in [0.5, 0.6) is 0 Å². The molecule has 0 spiro atoms. The Bertz CT molecular complexity index is 776. The number of aryl methyl sites for hydroxylation is 2. The van der Waals surface area contributed by atoms with Gasteiger partial charge in [-0.2, -0.15) is 0 Å². The second kappa shape index (κ2) is 6.13. The summed E-state index contributed by atoms with van der Waals surface area (Å²) in [5.41, 5.74) is 2.53. The minimum Gasteiger partial charge on any atom is -0.392 e. The van der Waals surface area contributed by atoms with E-state index in [2.05, 4.69) is 25.6 Å². The Morgan fingerprint density at radius 1 is 1.24 bits per heavy atom. The Kier molecular flexibility index (Phi) is 4.65. The maximum atomic E-state index is 12.5. The van der Waals surface area contributed by atoms with Crippen molar-refractivity contribution in [2.75, 3.05) is 4.72 Å². The van der Waals surface area contributed by atoms with Crippen molar-refractivity contribution < 1.29 is 13.5 Å². The molecule has 0 saturated carbocycles. The molecule has 5 nitrogen and oxygen atoms in total. The summed E-state index contributed by atoms with van der Waals surface area (Å²) in [4.78, 5) is 4.05. The Hall–Kier alpha value is -1.44. The first kappa shape index (κ1) is 15.9. The number of nitrogens with zero attached hydrogens (tertiary/aromatic N) is 1. The number of pyridine rings is 1. The second-order valence-corrected chi connectivity index (χ2v) is 7.18. The third-order valence-electron chi connectivity index (χ3n) is 2.88. The Morgan fingerprint density at radius 3 is 2.57 bits per heavy atom. The van der Waals surface area contributed by atoms with Crippen LogP contribution in [0.25, 0.3) is 0 Å². The van der Waals surface area contributed by atoms with Gasteiger partial charge in [0, 0.05) is 10.7 Å². The fourth-order valence-corrected chi connectivity index (χ4v) is 4.02. The number of hydrogen-bond donors (Lipinski definition) is 2. The van der Waals surface area contributed by atoms with Crippen LogP contribution in [0.15, 0.2) is 40.0 Å². The average Bonchev–Trinajstić information content (AvgIpc) is 2.41. The summed E-state index contributed by atoms with van der Waals surface area (Å²) in [7, 11) is -3.76. The lowest BCUT2D eigenvalue weighted by Crippen LogP contribution is -2.14. The number of halogens is 1. The summed E-state index contributed by atoms with van der Waals surface area (Å²) in [6, 6.07) is 4.88. The van der Waals surface area contributed by atoms with E-state index in [9.17, 15) is 13.5 Å². The summed E-state index contributed by atoms with van der Waals surface area (Å²) >= 11 is 3.29. The molecule has 0 unspecified atom stereocenters. The van der Waals surface area contributed by atoms with Gasteiger partial charge in [0.1, 0.15) is 4.90 Å². The zero-order valence-corrected chi connectivity index (χ0v) is 14.0. The quantitative estimate of drug-likeness (QED) is 0.866. The molecular formula is C14H15BrN2O3S. The minimum atomic E-state index is -3.76. The number of hydrogen-bond acceptors (Lipinski definition) is 4. The van der Waals surface area contributed by atoms with E-state index < -0.39 is 10.0 Å². The first-order valence-electron chi connectivity index (χ1n) is 6.18. The SMILES string of the molecule is Cc1cncc(NS(=O)(=O)c2cc(CO)cc(C)c2Br)c1. The van der Waals surface area contributed by atoms with Crippen LogP contribution >= 0.6 is 15.9 Å². The lowest BCUT2D eigenvalue weighted by atomic mass is 10.1. The number of rotatable bonds is 4. The highest BCUT2D eigenvalue weighted by molar-refractivity contribution is 9.10. The molecule has 0 amide bonds. The Morgan fingerprint density at radius 2 is 1.95 bits per heavy atom. The number of benzene rings is 1. The van der Waals surface area contributed by atoms with Crippen molar-refractivity contribution in [1.29, 1.82) is 0 Å². The van der Waals surface area contributed by atoms with Gasteiger partial charge in [-0.3, -0.25) is 9.71 Å². The van der Waals surface area contributed by atoms with Gasteiger partial charge in [0.2, 0.25) is 0 Å². The number of aliphatic hydroxyl groups excluding tert-OH is 1. The fraction of sp³-hybridized carbons (Fsp3) is 0.214. The molecular weight excluding hydrogens is 356 g/mol. The van der Waals surface area contributed by atoms with Gasteiger partial charge >= 0.3 is 0 Å². The second-order valence-electron chi connectivity index (χ2n) is 4.74. The maximum Gasteiger partial charge on any atom is 0.263 e. The molecule has 0 aliphatic carbocycles. The van der Waals surface area contributed by atoms with Gasteiger partial charge in [0.25, 0.3) is 10.0 Å². The molecule has 2 aromatic rings. The maximum absolute atomic E-state index is 12.5. The fourth-order valence-electron chi connectivity index (χ4n) is 1.92. The molecule has 112 valence electrons. The Labute approximate surface area is 132 Å². The van der Waals surface area contributed by atoms with E-state index in [0.29, 0.717) is 15.7 Å². The minimum absolute atomic E-state index is 0.0908. The van der Waals surface area contributed by atoms with Gasteiger partial charge in [-0.05, 0) is 58.6 Å². The van der Waals surface area contributed by atoms with E-state index in [4.69, 9.17) is 0 Å². The lowest BCUT2D eigenvalue weighted by Gasteiger charge is -2.12.